The van der Waals surface area contributed by atoms with Crippen LogP contribution in [0.2, 0.25) is 0 Å². The third-order valence-corrected chi connectivity index (χ3v) is 10.5. The molecule has 2 fully saturated rings. The van der Waals surface area contributed by atoms with Crippen LogP contribution in [0.5, 0.6) is 0 Å². The maximum absolute atomic E-state index is 13.5. The second kappa shape index (κ2) is 9.39. The van der Waals surface area contributed by atoms with Gasteiger partial charge in [0, 0.05) is 12.1 Å². The Morgan fingerprint density at radius 3 is 2.49 bits per heavy atom. The smallest absolute Gasteiger partial charge is 0.340 e. The van der Waals surface area contributed by atoms with Crippen molar-refractivity contribution in [3.8, 4) is 11.3 Å². The zero-order valence-electron chi connectivity index (χ0n) is 20.2. The summed E-state index contributed by atoms with van der Waals surface area (Å²) in [6, 6.07) is 6.83. The van der Waals surface area contributed by atoms with Crippen LogP contribution in [0.3, 0.4) is 0 Å². The molecule has 0 spiro atoms. The molecule has 3 aromatic rings. The lowest BCUT2D eigenvalue weighted by atomic mass is 10.0. The van der Waals surface area contributed by atoms with Crippen LogP contribution in [0.1, 0.15) is 60.4 Å². The van der Waals surface area contributed by atoms with E-state index in [9.17, 15) is 31.1 Å². The summed E-state index contributed by atoms with van der Waals surface area (Å²) in [4.78, 5) is 16.7. The molecule has 2 aliphatic rings. The van der Waals surface area contributed by atoms with E-state index < -0.39 is 36.9 Å². The molecule has 1 unspecified atom stereocenters. The minimum Gasteiger partial charge on any atom is -0.478 e. The standard InChI is InChI=1S/C25H27FN2O7S2/c1-36(31,32)28(12-2-4-18-5-3-13-37(18,33)34)23-19(15-6-7-15)14-20-21(25(29)30)22(35-24(20)27-23)16-8-10-17(26)11-9-16/h8-11,14-15,18H,2-7,12-13H2,1H3,(H,29,30). The Kier molecular flexibility index (Phi) is 6.51. The zero-order valence-corrected chi connectivity index (χ0v) is 21.8. The molecule has 2 aromatic heterocycles. The molecular formula is C25H27FN2O7S2. The van der Waals surface area contributed by atoms with Crippen molar-refractivity contribution in [2.75, 3.05) is 22.9 Å². The number of aromatic carboxylic acids is 1. The minimum absolute atomic E-state index is 0.00578. The number of aromatic nitrogens is 1. The normalized spacial score (nSPS) is 19.4. The predicted octanol–water partition coefficient (Wildman–Crippen LogP) is 4.33. The summed E-state index contributed by atoms with van der Waals surface area (Å²) in [6.07, 6.45) is 4.57. The highest BCUT2D eigenvalue weighted by Gasteiger charge is 2.35. The Hall–Kier alpha value is -2.99. The average molecular weight is 551 g/mol. The summed E-state index contributed by atoms with van der Waals surface area (Å²) in [5.41, 5.74) is 0.799. The van der Waals surface area contributed by atoms with Gasteiger partial charge in [-0.2, -0.15) is 4.98 Å². The lowest BCUT2D eigenvalue weighted by molar-refractivity contribution is 0.0699. The molecule has 9 nitrogen and oxygen atoms in total. The topological polar surface area (TPSA) is 135 Å². The number of sulfonamides is 1. The zero-order chi connectivity index (χ0) is 26.5. The third kappa shape index (κ3) is 5.08. The number of anilines is 1. The fourth-order valence-corrected chi connectivity index (χ4v) is 7.89. The maximum Gasteiger partial charge on any atom is 0.340 e. The molecule has 0 bridgehead atoms. The summed E-state index contributed by atoms with van der Waals surface area (Å²) in [7, 11) is -6.94. The molecular weight excluding hydrogens is 523 g/mol. The second-order valence-electron chi connectivity index (χ2n) is 9.76. The van der Waals surface area contributed by atoms with E-state index in [0.29, 0.717) is 36.8 Å². The molecule has 1 aliphatic carbocycles. The summed E-state index contributed by atoms with van der Waals surface area (Å²) in [6.45, 7) is 0.0421. The first-order chi connectivity index (χ1) is 17.5. The highest BCUT2D eigenvalue weighted by atomic mass is 32.2. The van der Waals surface area contributed by atoms with Gasteiger partial charge >= 0.3 is 5.97 Å². The number of sulfone groups is 1. The van der Waals surface area contributed by atoms with E-state index in [1.807, 2.05) is 0 Å². The van der Waals surface area contributed by atoms with Gasteiger partial charge in [0.1, 0.15) is 17.2 Å². The van der Waals surface area contributed by atoms with Crippen molar-refractivity contribution in [3.05, 3.63) is 47.3 Å². The van der Waals surface area contributed by atoms with Crippen molar-refractivity contribution in [3.63, 3.8) is 0 Å². The Morgan fingerprint density at radius 1 is 1.22 bits per heavy atom. The Labute approximate surface area is 214 Å². The van der Waals surface area contributed by atoms with E-state index in [1.165, 1.54) is 28.6 Å². The molecule has 1 aromatic carbocycles. The maximum atomic E-state index is 13.5. The molecule has 1 saturated heterocycles. The molecule has 0 amide bonds. The Balaban J connectivity index is 1.57. The molecule has 37 heavy (non-hydrogen) atoms. The first-order valence-electron chi connectivity index (χ1n) is 12.1. The molecule has 0 radical (unpaired) electrons. The van der Waals surface area contributed by atoms with Crippen molar-refractivity contribution in [2.24, 2.45) is 0 Å². The number of carbonyl (C=O) groups is 1. The highest BCUT2D eigenvalue weighted by Crippen LogP contribution is 2.46. The number of carboxylic acid groups (broad SMARTS) is 1. The van der Waals surface area contributed by atoms with E-state index in [4.69, 9.17) is 4.42 Å². The molecule has 1 atom stereocenters. The van der Waals surface area contributed by atoms with E-state index >= 15 is 0 Å². The number of pyridine rings is 1. The van der Waals surface area contributed by atoms with Gasteiger partial charge in [-0.05, 0) is 80.3 Å². The third-order valence-electron chi connectivity index (χ3n) is 7.02. The van der Waals surface area contributed by atoms with Gasteiger partial charge < -0.3 is 9.52 Å². The summed E-state index contributed by atoms with van der Waals surface area (Å²) < 4.78 is 70.6. The SMILES string of the molecule is CS(=O)(=O)N(CCCC1CCCS1(=O)=O)c1nc2oc(-c3ccc(F)cc3)c(C(=O)O)c2cc1C1CC1. The fraction of sp³-hybridized carbons (Fsp3) is 0.440. The number of rotatable bonds is 9. The number of furan rings is 1. The molecule has 1 saturated carbocycles. The van der Waals surface area contributed by atoms with Crippen LogP contribution in [0.25, 0.3) is 22.4 Å². The van der Waals surface area contributed by atoms with Crippen molar-refractivity contribution in [1.29, 1.82) is 0 Å². The van der Waals surface area contributed by atoms with E-state index in [0.717, 1.165) is 19.1 Å². The highest BCUT2D eigenvalue weighted by molar-refractivity contribution is 7.92. The number of halogens is 1. The van der Waals surface area contributed by atoms with Crippen molar-refractivity contribution < 1.29 is 35.5 Å². The quantitative estimate of drug-likeness (QED) is 0.416. The number of carboxylic acids is 1. The Morgan fingerprint density at radius 2 is 1.92 bits per heavy atom. The molecule has 12 heteroatoms. The van der Waals surface area contributed by atoms with Gasteiger partial charge in [-0.1, -0.05) is 0 Å². The predicted molar refractivity (Wildman–Crippen MR) is 137 cm³/mol. The molecule has 3 heterocycles. The van der Waals surface area contributed by atoms with Gasteiger partial charge in [0.05, 0.1) is 22.6 Å². The van der Waals surface area contributed by atoms with E-state index in [1.54, 1.807) is 6.07 Å². The number of fused-ring (bicyclic) bond motifs is 1. The van der Waals surface area contributed by atoms with E-state index in [2.05, 4.69) is 4.98 Å². The first kappa shape index (κ1) is 25.7. The molecule has 1 aliphatic heterocycles. The van der Waals surface area contributed by atoms with Crippen LogP contribution in [-0.4, -0.2) is 56.7 Å². The van der Waals surface area contributed by atoms with Crippen molar-refractivity contribution in [1.82, 2.24) is 4.98 Å². The van der Waals surface area contributed by atoms with Gasteiger partial charge in [-0.15, -0.1) is 0 Å². The van der Waals surface area contributed by atoms with Crippen LogP contribution in [-0.2, 0) is 19.9 Å². The minimum atomic E-state index is -3.79. The van der Waals surface area contributed by atoms with Crippen molar-refractivity contribution >= 4 is 42.7 Å². The Bertz CT molecular complexity index is 1580. The fourth-order valence-electron chi connectivity index (χ4n) is 5.01. The van der Waals surface area contributed by atoms with Crippen LogP contribution < -0.4 is 4.31 Å². The lowest BCUT2D eigenvalue weighted by Crippen LogP contribution is -2.33. The lowest BCUT2D eigenvalue weighted by Gasteiger charge is -2.24. The second-order valence-corrected chi connectivity index (χ2v) is 14.1. The van der Waals surface area contributed by atoms with Crippen molar-refractivity contribution in [2.45, 2.75) is 49.7 Å². The van der Waals surface area contributed by atoms with Gasteiger partial charge in [0.25, 0.3) is 0 Å². The van der Waals surface area contributed by atoms with Crippen LogP contribution in [0.15, 0.2) is 34.7 Å². The van der Waals surface area contributed by atoms with Crippen LogP contribution >= 0.6 is 0 Å². The van der Waals surface area contributed by atoms with Gasteiger partial charge in [0.2, 0.25) is 15.7 Å². The van der Waals surface area contributed by atoms with Gasteiger partial charge in [-0.3, -0.25) is 4.31 Å². The van der Waals surface area contributed by atoms with Gasteiger partial charge in [-0.25, -0.2) is 26.0 Å². The molecule has 1 N–H and O–H groups in total. The summed E-state index contributed by atoms with van der Waals surface area (Å²) in [5.74, 6) is -1.36. The molecule has 198 valence electrons. The number of hydrogen-bond donors (Lipinski definition) is 1. The monoisotopic (exact) mass is 550 g/mol. The summed E-state index contributed by atoms with van der Waals surface area (Å²) >= 11 is 0. The number of hydrogen-bond acceptors (Lipinski definition) is 7. The summed E-state index contributed by atoms with van der Waals surface area (Å²) in [5, 5.41) is 9.74. The van der Waals surface area contributed by atoms with Crippen LogP contribution in [0.4, 0.5) is 10.2 Å². The first-order valence-corrected chi connectivity index (χ1v) is 15.7. The number of benzene rings is 1. The number of nitrogens with zero attached hydrogens (tertiary/aromatic N) is 2. The molecule has 5 rings (SSSR count). The largest absolute Gasteiger partial charge is 0.478 e. The van der Waals surface area contributed by atoms with Crippen LogP contribution in [0, 0.1) is 5.82 Å². The van der Waals surface area contributed by atoms with Gasteiger partial charge in [0.15, 0.2) is 15.6 Å². The van der Waals surface area contributed by atoms with E-state index in [-0.39, 0.29) is 46.5 Å². The average Bonchev–Trinajstić information content (AvgIpc) is 3.51.